The normalized spacial score (nSPS) is 49.4. The summed E-state index contributed by atoms with van der Waals surface area (Å²) < 4.78 is 0. The van der Waals surface area contributed by atoms with Crippen LogP contribution in [0.25, 0.3) is 0 Å². The second-order valence-electron chi connectivity index (χ2n) is 9.64. The van der Waals surface area contributed by atoms with Crippen molar-refractivity contribution in [2.24, 2.45) is 28.1 Å². The van der Waals surface area contributed by atoms with Crippen LogP contribution in [0.15, 0.2) is 0 Å². The molecule has 0 aromatic carbocycles. The number of rotatable bonds is 5. The van der Waals surface area contributed by atoms with Crippen molar-refractivity contribution in [3.05, 3.63) is 0 Å². The van der Waals surface area contributed by atoms with Gasteiger partial charge in [0, 0.05) is 0 Å². The molecular formula is C19H34O. The zero-order valence-electron chi connectivity index (χ0n) is 14.0. The van der Waals surface area contributed by atoms with Gasteiger partial charge in [0.1, 0.15) is 0 Å². The maximum Gasteiger partial charge on any atom is 0.0599 e. The molecule has 0 saturated heterocycles. The van der Waals surface area contributed by atoms with E-state index in [1.807, 2.05) is 0 Å². The Kier molecular flexibility index (Phi) is 3.52. The smallest absolute Gasteiger partial charge is 0.0599 e. The molecule has 0 radical (unpaired) electrons. The van der Waals surface area contributed by atoms with Crippen LogP contribution in [-0.4, -0.2) is 11.2 Å². The van der Waals surface area contributed by atoms with Crippen LogP contribution in [0, 0.1) is 28.1 Å². The minimum Gasteiger partial charge on any atom is -0.393 e. The summed E-state index contributed by atoms with van der Waals surface area (Å²) in [6.07, 6.45) is 11.7. The van der Waals surface area contributed by atoms with Gasteiger partial charge >= 0.3 is 0 Å². The lowest BCUT2D eigenvalue weighted by Crippen LogP contribution is -2.58. The molecule has 4 aliphatic rings. The van der Waals surface area contributed by atoms with Gasteiger partial charge in [-0.15, -0.1) is 0 Å². The number of aliphatic hydroxyl groups excluding tert-OH is 1. The molecule has 1 N–H and O–H groups in total. The van der Waals surface area contributed by atoms with Gasteiger partial charge in [-0.2, -0.15) is 0 Å². The van der Waals surface area contributed by atoms with E-state index in [0.29, 0.717) is 16.7 Å². The van der Waals surface area contributed by atoms with Gasteiger partial charge < -0.3 is 5.11 Å². The fourth-order valence-corrected chi connectivity index (χ4v) is 7.15. The average Bonchev–Trinajstić information content (AvgIpc) is 2.23. The van der Waals surface area contributed by atoms with Gasteiger partial charge in [-0.1, -0.05) is 40.5 Å². The summed E-state index contributed by atoms with van der Waals surface area (Å²) in [5.41, 5.74) is 1.33. The van der Waals surface area contributed by atoms with Gasteiger partial charge in [0.2, 0.25) is 0 Å². The summed E-state index contributed by atoms with van der Waals surface area (Å²) in [6.45, 7) is 9.60. The Hall–Kier alpha value is -0.0400. The first-order valence-corrected chi connectivity index (χ1v) is 8.96. The monoisotopic (exact) mass is 278 g/mol. The van der Waals surface area contributed by atoms with Crippen LogP contribution in [0.4, 0.5) is 0 Å². The third-order valence-corrected chi connectivity index (χ3v) is 6.78. The highest BCUT2D eigenvalue weighted by molar-refractivity contribution is 5.12. The van der Waals surface area contributed by atoms with Crippen molar-refractivity contribution in [2.45, 2.75) is 91.6 Å². The van der Waals surface area contributed by atoms with Crippen molar-refractivity contribution in [1.29, 1.82) is 0 Å². The van der Waals surface area contributed by atoms with Crippen molar-refractivity contribution in [2.75, 3.05) is 0 Å². The highest BCUT2D eigenvalue weighted by atomic mass is 16.3. The molecule has 0 heterocycles. The van der Waals surface area contributed by atoms with Gasteiger partial charge in [0.15, 0.2) is 0 Å². The maximum atomic E-state index is 11.0. The second-order valence-corrected chi connectivity index (χ2v) is 9.64. The Morgan fingerprint density at radius 2 is 1.65 bits per heavy atom. The summed E-state index contributed by atoms with van der Waals surface area (Å²) in [7, 11) is 0. The first kappa shape index (κ1) is 14.9. The van der Waals surface area contributed by atoms with Crippen molar-refractivity contribution in [1.82, 2.24) is 0 Å². The van der Waals surface area contributed by atoms with Gasteiger partial charge in [-0.05, 0) is 73.0 Å². The van der Waals surface area contributed by atoms with Crippen LogP contribution < -0.4 is 0 Å². The molecule has 1 heteroatoms. The highest BCUT2D eigenvalue weighted by Gasteiger charge is 2.61. The lowest BCUT2D eigenvalue weighted by Gasteiger charge is -2.66. The molecule has 0 aliphatic heterocycles. The molecule has 4 atom stereocenters. The molecule has 4 aliphatic carbocycles. The fraction of sp³-hybridized carbons (Fsp3) is 1.00. The second kappa shape index (κ2) is 4.73. The standard InChI is InChI=1S/C19H34O/c1-5-6-14(2)7-16(20)19-10-15-8-17(3,12-19)11-18(4,9-15)13-19/h14-16,20H,5-13H2,1-4H3. The van der Waals surface area contributed by atoms with E-state index in [1.165, 1.54) is 51.4 Å². The van der Waals surface area contributed by atoms with Crippen LogP contribution in [0.1, 0.15) is 85.5 Å². The van der Waals surface area contributed by atoms with E-state index < -0.39 is 0 Å². The van der Waals surface area contributed by atoms with Gasteiger partial charge in [-0.3, -0.25) is 0 Å². The Morgan fingerprint density at radius 1 is 1.05 bits per heavy atom. The largest absolute Gasteiger partial charge is 0.393 e. The molecule has 4 rings (SSSR count). The summed E-state index contributed by atoms with van der Waals surface area (Å²) in [4.78, 5) is 0. The molecule has 116 valence electrons. The minimum atomic E-state index is -0.0499. The van der Waals surface area contributed by atoms with E-state index >= 15 is 0 Å². The van der Waals surface area contributed by atoms with E-state index in [4.69, 9.17) is 0 Å². The predicted octanol–water partition coefficient (Wildman–Crippen LogP) is 5.17. The summed E-state index contributed by atoms with van der Waals surface area (Å²) >= 11 is 0. The topological polar surface area (TPSA) is 20.2 Å². The van der Waals surface area contributed by atoms with Crippen LogP contribution >= 0.6 is 0 Å². The maximum absolute atomic E-state index is 11.0. The zero-order chi connectivity index (χ0) is 14.6. The Bertz CT molecular complexity index is 356. The van der Waals surface area contributed by atoms with Gasteiger partial charge in [-0.25, -0.2) is 0 Å². The molecule has 0 amide bonds. The number of hydrogen-bond donors (Lipinski definition) is 1. The van der Waals surface area contributed by atoms with Crippen LogP contribution in [0.3, 0.4) is 0 Å². The molecule has 4 unspecified atom stereocenters. The molecule has 0 aromatic heterocycles. The Labute approximate surface area is 125 Å². The molecule has 0 spiro atoms. The van der Waals surface area contributed by atoms with Crippen molar-refractivity contribution in [3.8, 4) is 0 Å². The molecule has 4 saturated carbocycles. The van der Waals surface area contributed by atoms with E-state index in [2.05, 4.69) is 27.7 Å². The predicted molar refractivity (Wildman–Crippen MR) is 84.5 cm³/mol. The average molecular weight is 278 g/mol. The van der Waals surface area contributed by atoms with Crippen molar-refractivity contribution < 1.29 is 5.11 Å². The minimum absolute atomic E-state index is 0.0499. The lowest BCUT2D eigenvalue weighted by atomic mass is 9.39. The van der Waals surface area contributed by atoms with E-state index in [0.717, 1.165) is 12.3 Å². The van der Waals surface area contributed by atoms with Gasteiger partial charge in [0.05, 0.1) is 6.10 Å². The SMILES string of the molecule is CCCC(C)CC(O)C12CC3CC(C)(CC(C)(C3)C1)C2. The molecular weight excluding hydrogens is 244 g/mol. The summed E-state index contributed by atoms with van der Waals surface area (Å²) in [6, 6.07) is 0. The summed E-state index contributed by atoms with van der Waals surface area (Å²) in [5.74, 6) is 1.58. The van der Waals surface area contributed by atoms with Crippen LogP contribution in [0.5, 0.6) is 0 Å². The van der Waals surface area contributed by atoms with Gasteiger partial charge in [0.25, 0.3) is 0 Å². The highest BCUT2D eigenvalue weighted by Crippen LogP contribution is 2.70. The Balaban J connectivity index is 1.78. The molecule has 4 bridgehead atoms. The quantitative estimate of drug-likeness (QED) is 0.735. The van der Waals surface area contributed by atoms with E-state index in [-0.39, 0.29) is 11.5 Å². The lowest BCUT2D eigenvalue weighted by molar-refractivity contribution is -0.188. The van der Waals surface area contributed by atoms with Crippen LogP contribution in [-0.2, 0) is 0 Å². The summed E-state index contributed by atoms with van der Waals surface area (Å²) in [5, 5.41) is 11.0. The first-order chi connectivity index (χ1) is 9.28. The first-order valence-electron chi connectivity index (χ1n) is 8.96. The number of hydrogen-bond acceptors (Lipinski definition) is 1. The number of aliphatic hydroxyl groups is 1. The third-order valence-electron chi connectivity index (χ3n) is 6.78. The Morgan fingerprint density at radius 3 is 2.15 bits per heavy atom. The molecule has 20 heavy (non-hydrogen) atoms. The molecule has 0 aromatic rings. The van der Waals surface area contributed by atoms with Crippen molar-refractivity contribution in [3.63, 3.8) is 0 Å². The zero-order valence-corrected chi connectivity index (χ0v) is 14.0. The third kappa shape index (κ3) is 2.45. The van der Waals surface area contributed by atoms with E-state index in [9.17, 15) is 5.11 Å². The van der Waals surface area contributed by atoms with Crippen LogP contribution in [0.2, 0.25) is 0 Å². The van der Waals surface area contributed by atoms with Crippen molar-refractivity contribution >= 4 is 0 Å². The molecule has 4 fully saturated rings. The van der Waals surface area contributed by atoms with E-state index in [1.54, 1.807) is 0 Å². The fourth-order valence-electron chi connectivity index (χ4n) is 7.15. The molecule has 1 nitrogen and oxygen atoms in total.